The second-order valence-electron chi connectivity index (χ2n) is 8.13. The zero-order valence-corrected chi connectivity index (χ0v) is 20.6. The van der Waals surface area contributed by atoms with Gasteiger partial charge in [0.2, 0.25) is 0 Å². The average Bonchev–Trinajstić information content (AvgIpc) is 2.94. The number of nitrogens with zero attached hydrogens (tertiary/aromatic N) is 1. The number of carboxylic acid groups (broad SMARTS) is 2. The van der Waals surface area contributed by atoms with E-state index in [1.807, 2.05) is 0 Å². The summed E-state index contributed by atoms with van der Waals surface area (Å²) in [6, 6.07) is 9.13. The number of carbonyl (C=O) groups is 2. The maximum Gasteiger partial charge on any atom is 0.446 e. The number of likely N-dealkylation sites (tertiary alicyclic amines) is 1. The predicted molar refractivity (Wildman–Crippen MR) is 127 cm³/mol. The Morgan fingerprint density at radius 3 is 2.28 bits per heavy atom. The first-order valence-corrected chi connectivity index (χ1v) is 12.4. The smallest absolute Gasteiger partial charge is 0.446 e. The highest BCUT2D eigenvalue weighted by Gasteiger charge is 2.35. The number of carboxylic acids is 2. The summed E-state index contributed by atoms with van der Waals surface area (Å²) in [7, 11) is 2.06. The Morgan fingerprint density at radius 1 is 1.06 bits per heavy atom. The standard InChI is InChI=1S/C20H19F4NOS2.C4H4O4/c1-25-8-6-12(7-9-25)19-15-11-14(28-20(22,23)24)3-5-17(15)27-18-10-13(21)2-4-16(18)26-19;5-3(6)1-2-4(7)8/h2-5,10-12,19H,6-9H2,1H3;1-2H,(H,5,6)(H,7,8)/b;2-1-. The molecule has 12 heteroatoms. The highest BCUT2D eigenvalue weighted by atomic mass is 32.2. The molecule has 1 saturated heterocycles. The summed E-state index contributed by atoms with van der Waals surface area (Å²) in [5.41, 5.74) is -3.59. The van der Waals surface area contributed by atoms with E-state index in [0.717, 1.165) is 36.4 Å². The molecule has 0 spiro atoms. The number of thioether (sulfide) groups is 1. The lowest BCUT2D eigenvalue weighted by atomic mass is 9.87. The van der Waals surface area contributed by atoms with Gasteiger partial charge in [0.05, 0.1) is 4.90 Å². The lowest BCUT2D eigenvalue weighted by Crippen LogP contribution is -2.34. The highest BCUT2D eigenvalue weighted by molar-refractivity contribution is 8.00. The van der Waals surface area contributed by atoms with Gasteiger partial charge in [0.25, 0.3) is 0 Å². The molecule has 6 nitrogen and oxygen atoms in total. The third-order valence-electron chi connectivity index (χ3n) is 5.46. The summed E-state index contributed by atoms with van der Waals surface area (Å²) in [4.78, 5) is 23.0. The Bertz CT molecular complexity index is 1120. The van der Waals surface area contributed by atoms with E-state index in [2.05, 4.69) is 11.9 Å². The Kier molecular flexibility index (Phi) is 9.31. The lowest BCUT2D eigenvalue weighted by Gasteiger charge is -2.34. The van der Waals surface area contributed by atoms with Crippen molar-refractivity contribution in [3.8, 4) is 5.75 Å². The van der Waals surface area contributed by atoms with Gasteiger partial charge in [0, 0.05) is 33.4 Å². The van der Waals surface area contributed by atoms with Crippen LogP contribution in [0.4, 0.5) is 17.6 Å². The first-order chi connectivity index (χ1) is 16.9. The highest BCUT2D eigenvalue weighted by Crippen LogP contribution is 2.49. The number of rotatable bonds is 4. The van der Waals surface area contributed by atoms with Crippen LogP contribution in [0.25, 0.3) is 0 Å². The van der Waals surface area contributed by atoms with Crippen LogP contribution in [0.1, 0.15) is 24.5 Å². The van der Waals surface area contributed by atoms with Gasteiger partial charge in [-0.1, -0.05) is 11.8 Å². The number of piperidine rings is 1. The number of halogens is 4. The minimum atomic E-state index is -4.35. The van der Waals surface area contributed by atoms with E-state index in [9.17, 15) is 27.2 Å². The van der Waals surface area contributed by atoms with Crippen molar-refractivity contribution in [1.29, 1.82) is 0 Å². The molecule has 0 amide bonds. The summed E-state index contributed by atoms with van der Waals surface area (Å²) in [5.74, 6) is -2.10. The fourth-order valence-electron chi connectivity index (χ4n) is 3.84. The number of hydrogen-bond acceptors (Lipinski definition) is 6. The van der Waals surface area contributed by atoms with Crippen LogP contribution in [-0.2, 0) is 9.59 Å². The fourth-order valence-corrected chi connectivity index (χ4v) is 5.48. The first-order valence-electron chi connectivity index (χ1n) is 10.8. The molecular formula is C24H23F4NO5S2. The molecule has 0 bridgehead atoms. The summed E-state index contributed by atoms with van der Waals surface area (Å²) in [6.45, 7) is 1.83. The van der Waals surface area contributed by atoms with Gasteiger partial charge in [-0.2, -0.15) is 13.2 Å². The van der Waals surface area contributed by atoms with Gasteiger partial charge in [-0.15, -0.1) is 0 Å². The molecule has 4 rings (SSSR count). The van der Waals surface area contributed by atoms with Gasteiger partial charge in [0.1, 0.15) is 17.7 Å². The number of fused-ring (bicyclic) bond motifs is 2. The number of benzene rings is 2. The molecule has 1 fully saturated rings. The summed E-state index contributed by atoms with van der Waals surface area (Å²) >= 11 is 1.23. The van der Waals surface area contributed by atoms with Crippen LogP contribution in [-0.4, -0.2) is 52.7 Å². The molecule has 194 valence electrons. The van der Waals surface area contributed by atoms with Gasteiger partial charge < -0.3 is 19.8 Å². The second kappa shape index (κ2) is 12.0. The molecule has 2 aliphatic heterocycles. The quantitative estimate of drug-likeness (QED) is 0.272. The predicted octanol–water partition coefficient (Wildman–Crippen LogP) is 6.08. The minimum absolute atomic E-state index is 0.117. The van der Waals surface area contributed by atoms with E-state index in [1.165, 1.54) is 30.0 Å². The molecule has 0 aromatic heterocycles. The molecule has 0 saturated carbocycles. The topological polar surface area (TPSA) is 87.1 Å². The van der Waals surface area contributed by atoms with Crippen molar-refractivity contribution in [2.45, 2.75) is 39.1 Å². The molecule has 36 heavy (non-hydrogen) atoms. The minimum Gasteiger partial charge on any atom is -0.484 e. The normalized spacial score (nSPS) is 18.3. The molecule has 1 atom stereocenters. The van der Waals surface area contributed by atoms with Crippen molar-refractivity contribution >= 4 is 35.5 Å². The monoisotopic (exact) mass is 545 g/mol. The van der Waals surface area contributed by atoms with Crippen molar-refractivity contribution < 1.29 is 42.1 Å². The molecule has 2 heterocycles. The van der Waals surface area contributed by atoms with Gasteiger partial charge in [-0.05, 0) is 81.1 Å². The largest absolute Gasteiger partial charge is 0.484 e. The molecule has 1 unspecified atom stereocenters. The molecule has 0 aliphatic carbocycles. The summed E-state index contributed by atoms with van der Waals surface area (Å²) in [6.07, 6.45) is 2.57. The Labute approximate surface area is 213 Å². The summed E-state index contributed by atoms with van der Waals surface area (Å²) in [5, 5.41) is 15.6. The van der Waals surface area contributed by atoms with Crippen molar-refractivity contribution in [2.24, 2.45) is 5.92 Å². The molecular weight excluding hydrogens is 522 g/mol. The Balaban J connectivity index is 0.000000392. The van der Waals surface area contributed by atoms with Crippen molar-refractivity contribution in [1.82, 2.24) is 4.90 Å². The maximum atomic E-state index is 13.7. The van der Waals surface area contributed by atoms with E-state index in [0.29, 0.717) is 22.8 Å². The van der Waals surface area contributed by atoms with Crippen LogP contribution < -0.4 is 4.74 Å². The van der Waals surface area contributed by atoms with Crippen LogP contribution >= 0.6 is 23.5 Å². The Morgan fingerprint density at radius 2 is 1.69 bits per heavy atom. The summed E-state index contributed by atoms with van der Waals surface area (Å²) < 4.78 is 58.7. The zero-order chi connectivity index (χ0) is 26.5. The van der Waals surface area contributed by atoms with Crippen molar-refractivity contribution in [3.05, 3.63) is 59.9 Å². The number of aliphatic carboxylic acids is 2. The fraction of sp³-hybridized carbons (Fsp3) is 0.333. The van der Waals surface area contributed by atoms with Crippen LogP contribution in [0.15, 0.2) is 63.2 Å². The molecule has 2 aromatic carbocycles. The molecule has 0 radical (unpaired) electrons. The SMILES string of the molecule is CN1CCC(C2Oc3ccc(F)cc3Sc3ccc(SC(F)(F)F)cc32)CC1.O=C(O)/C=C\C(=O)O. The van der Waals surface area contributed by atoms with Gasteiger partial charge in [0.15, 0.2) is 0 Å². The Hall–Kier alpha value is -2.70. The number of ether oxygens (including phenoxy) is 1. The van der Waals surface area contributed by atoms with Crippen molar-refractivity contribution in [2.75, 3.05) is 20.1 Å². The maximum absolute atomic E-state index is 13.7. The second-order valence-corrected chi connectivity index (χ2v) is 10.4. The van der Waals surface area contributed by atoms with E-state index in [4.69, 9.17) is 14.9 Å². The van der Waals surface area contributed by atoms with E-state index in [1.54, 1.807) is 18.2 Å². The molecule has 2 aliphatic rings. The van der Waals surface area contributed by atoms with Crippen LogP contribution in [0, 0.1) is 11.7 Å². The van der Waals surface area contributed by atoms with E-state index >= 15 is 0 Å². The van der Waals surface area contributed by atoms with Crippen molar-refractivity contribution in [3.63, 3.8) is 0 Å². The molecule has 2 aromatic rings. The molecule has 2 N–H and O–H groups in total. The van der Waals surface area contributed by atoms with Gasteiger partial charge >= 0.3 is 17.4 Å². The zero-order valence-electron chi connectivity index (χ0n) is 19.0. The van der Waals surface area contributed by atoms with Crippen LogP contribution in [0.5, 0.6) is 5.75 Å². The van der Waals surface area contributed by atoms with Gasteiger partial charge in [-0.25, -0.2) is 14.0 Å². The number of hydrogen-bond donors (Lipinski definition) is 2. The van der Waals surface area contributed by atoms with E-state index in [-0.39, 0.29) is 34.5 Å². The third-order valence-corrected chi connectivity index (χ3v) is 7.31. The van der Waals surface area contributed by atoms with E-state index < -0.39 is 17.4 Å². The van der Waals surface area contributed by atoms with Crippen LogP contribution in [0.2, 0.25) is 0 Å². The third kappa shape index (κ3) is 8.17. The average molecular weight is 546 g/mol. The van der Waals surface area contributed by atoms with Gasteiger partial charge in [-0.3, -0.25) is 0 Å². The van der Waals surface area contributed by atoms with Crippen LogP contribution in [0.3, 0.4) is 0 Å². The number of alkyl halides is 3. The lowest BCUT2D eigenvalue weighted by molar-refractivity contribution is -0.134. The first kappa shape index (κ1) is 27.9.